The first-order valence-electron chi connectivity index (χ1n) is 18.8. The quantitative estimate of drug-likeness (QED) is 0.0509. The van der Waals surface area contributed by atoms with Crippen LogP contribution in [0.3, 0.4) is 0 Å². The number of likely N-dealkylation sites (N-methyl/N-ethyl adjacent to an activating group) is 1. The summed E-state index contributed by atoms with van der Waals surface area (Å²) in [5, 5.41) is 133. The van der Waals surface area contributed by atoms with Crippen LogP contribution in [0.1, 0.15) is 46.0 Å². The fraction of sp³-hybridized carbons (Fsp3) is 0.882. The van der Waals surface area contributed by atoms with E-state index in [1.807, 2.05) is 0 Å². The fourth-order valence-electron chi connectivity index (χ4n) is 7.50. The number of hydrogen-bond donors (Lipinski definition) is 14. The van der Waals surface area contributed by atoms with Crippen LogP contribution >= 0.6 is 0 Å². The Morgan fingerprint density at radius 1 is 0.717 bits per heavy atom. The van der Waals surface area contributed by atoms with E-state index >= 15 is 0 Å². The number of aliphatic hydroxyl groups excluding tert-OH is 9. The Labute approximate surface area is 368 Å². The number of amides is 1. The number of carboxylic acids is 3. The first kappa shape index (κ1) is 54.4. The predicted molar refractivity (Wildman–Crippen MR) is 191 cm³/mol. The fourth-order valence-corrected chi connectivity index (χ4v) is 7.50. The number of aliphatic carboxylic acids is 3. The summed E-state index contributed by atoms with van der Waals surface area (Å²) < 4.78 is 33.1. The number of ether oxygens (including phenoxy) is 6. The predicted octanol–water partition coefficient (Wildman–Crippen LogP) is -6.02. The standard InChI is InChI=1S/C34H58N3O22.Y/c1-5-6-19(44)37-22-15(43)9-34(31(52)53,59-28(22)23(45)16(10-38)54-4)55-17(11-39)24(46)26-20(35)13(41)8-33(58-26,30(50)51)56-18(12-40)25(47)27-21(36-3)14(42)7-32(2,57-27)29(48)49;/h13-18,20-28,35-36,38-43,45-47H,5-12H2,1-4H3,(H,37,44)(H,48,49)(H,50,51)(H,52,53);/q-1;/t13?,14?,15?,16-,17-,18-,20?,21?,22?,23-,24-,25-,26?,27?,28?,32?,33?,34?;/m1./s1. The Kier molecular flexibility index (Phi) is 20.7. The summed E-state index contributed by atoms with van der Waals surface area (Å²) >= 11 is 0. The second-order valence-electron chi connectivity index (χ2n) is 15.0. The third kappa shape index (κ3) is 11.7. The molecule has 3 saturated heterocycles. The van der Waals surface area contributed by atoms with E-state index in [2.05, 4.69) is 10.6 Å². The van der Waals surface area contributed by atoms with Crippen LogP contribution in [0.25, 0.3) is 5.73 Å². The van der Waals surface area contributed by atoms with E-state index in [9.17, 15) is 80.5 Å². The van der Waals surface area contributed by atoms with Crippen molar-refractivity contribution in [1.29, 1.82) is 0 Å². The number of rotatable bonds is 21. The molecule has 0 saturated carbocycles. The van der Waals surface area contributed by atoms with Gasteiger partial charge in [-0.25, -0.2) is 14.4 Å². The average molecular weight is 950 g/mol. The first-order chi connectivity index (χ1) is 27.6. The smallest absolute Gasteiger partial charge is 0.364 e. The SMILES string of the molecule is CCCC(=O)NC1C(O)CC(O[C@H](CO)[C@@H](O)C2OC(O[C@H](CO)[C@@H](O)C3OC(C)(C(=O)O)CC(O)C3NC)(C(=O)O)CC(O)C2[NH-])(C(=O)O)OC1[C@H](O)[C@@H](CO)OC.[Y]. The summed E-state index contributed by atoms with van der Waals surface area (Å²) in [5.41, 5.74) is 6.46. The third-order valence-corrected chi connectivity index (χ3v) is 10.8. The van der Waals surface area contributed by atoms with E-state index in [-0.39, 0.29) is 39.1 Å². The minimum absolute atomic E-state index is 0. The monoisotopic (exact) mass is 949 g/mol. The van der Waals surface area contributed by atoms with Gasteiger partial charge in [0.1, 0.15) is 48.8 Å². The van der Waals surface area contributed by atoms with Gasteiger partial charge in [-0.05, 0) is 20.4 Å². The van der Waals surface area contributed by atoms with Gasteiger partial charge in [0.05, 0.1) is 50.2 Å². The molecule has 3 aliphatic heterocycles. The Morgan fingerprint density at radius 3 is 1.58 bits per heavy atom. The van der Waals surface area contributed by atoms with Crippen LogP contribution in [0.15, 0.2) is 0 Å². The number of carbonyl (C=O) groups is 4. The van der Waals surface area contributed by atoms with Gasteiger partial charge in [0, 0.05) is 71.6 Å². The van der Waals surface area contributed by atoms with Gasteiger partial charge in [0.25, 0.3) is 11.6 Å². The van der Waals surface area contributed by atoms with E-state index in [1.54, 1.807) is 6.92 Å². The molecule has 0 aliphatic carbocycles. The molecule has 1 radical (unpaired) electrons. The van der Waals surface area contributed by atoms with E-state index < -0.39 is 171 Å². The van der Waals surface area contributed by atoms with Crippen LogP contribution in [0, 0.1) is 0 Å². The van der Waals surface area contributed by atoms with Crippen molar-refractivity contribution in [3.63, 3.8) is 0 Å². The molecular formula is C34H58N3O22Y-. The molecule has 3 fully saturated rings. The van der Waals surface area contributed by atoms with Gasteiger partial charge in [-0.2, -0.15) is 0 Å². The molecular weight excluding hydrogens is 891 g/mol. The molecule has 18 atom stereocenters. The van der Waals surface area contributed by atoms with Gasteiger partial charge < -0.3 is 106 Å². The van der Waals surface area contributed by atoms with E-state index in [0.717, 1.165) is 14.0 Å². The second-order valence-corrected chi connectivity index (χ2v) is 15.0. The molecule has 3 aliphatic rings. The molecule has 0 spiro atoms. The Bertz CT molecular complexity index is 1440. The minimum Gasteiger partial charge on any atom is -0.670 e. The zero-order valence-electron chi connectivity index (χ0n) is 33.3. The van der Waals surface area contributed by atoms with Crippen molar-refractivity contribution in [3.05, 3.63) is 5.73 Å². The number of carbonyl (C=O) groups excluding carboxylic acids is 1. The van der Waals surface area contributed by atoms with E-state index in [4.69, 9.17) is 34.2 Å². The number of methoxy groups -OCH3 is 1. The summed E-state index contributed by atoms with van der Waals surface area (Å²) in [7, 11) is 2.41. The van der Waals surface area contributed by atoms with Crippen molar-refractivity contribution in [2.24, 2.45) is 0 Å². The normalized spacial score (nSPS) is 37.7. The molecule has 60 heavy (non-hydrogen) atoms. The van der Waals surface area contributed by atoms with Gasteiger partial charge in [-0.3, -0.25) is 4.79 Å². The number of carboxylic acid groups (broad SMARTS) is 3. The van der Waals surface area contributed by atoms with Gasteiger partial charge in [0.15, 0.2) is 5.60 Å². The second kappa shape index (κ2) is 22.8. The van der Waals surface area contributed by atoms with Crippen LogP contribution in [0.5, 0.6) is 0 Å². The van der Waals surface area contributed by atoms with Gasteiger partial charge in [-0.1, -0.05) is 13.0 Å². The molecule has 12 unspecified atom stereocenters. The molecule has 3 rings (SSSR count). The summed E-state index contributed by atoms with van der Waals surface area (Å²) in [6, 6.07) is -4.75. The molecule has 0 aromatic heterocycles. The zero-order valence-corrected chi connectivity index (χ0v) is 36.2. The third-order valence-electron chi connectivity index (χ3n) is 10.8. The van der Waals surface area contributed by atoms with Gasteiger partial charge in [-0.15, -0.1) is 0 Å². The molecule has 0 bridgehead atoms. The number of hydrogen-bond acceptors (Lipinski definition) is 20. The maximum atomic E-state index is 12.9. The van der Waals surface area contributed by atoms with Crippen molar-refractivity contribution >= 4 is 23.8 Å². The number of aliphatic hydroxyl groups is 9. The summed E-state index contributed by atoms with van der Waals surface area (Å²) in [4.78, 5) is 50.3. The number of nitrogens with one attached hydrogen (secondary N) is 3. The molecule has 1 amide bonds. The maximum Gasteiger partial charge on any atom is 0.364 e. The van der Waals surface area contributed by atoms with Crippen molar-refractivity contribution < 1.29 is 142 Å². The summed E-state index contributed by atoms with van der Waals surface area (Å²) in [6.45, 7) is -0.649. The molecule has 0 aromatic rings. The van der Waals surface area contributed by atoms with Crippen molar-refractivity contribution in [2.45, 2.75) is 154 Å². The topological polar surface area (TPSA) is 414 Å². The van der Waals surface area contributed by atoms with Crippen LogP contribution in [0.2, 0.25) is 0 Å². The Morgan fingerprint density at radius 2 is 1.15 bits per heavy atom. The van der Waals surface area contributed by atoms with E-state index in [0.29, 0.717) is 6.42 Å². The van der Waals surface area contributed by atoms with Crippen molar-refractivity contribution in [1.82, 2.24) is 10.6 Å². The molecule has 15 N–H and O–H groups in total. The molecule has 0 aromatic carbocycles. The van der Waals surface area contributed by atoms with Crippen LogP contribution in [-0.2, 0) is 80.3 Å². The Hall–Kier alpha value is -1.70. The summed E-state index contributed by atoms with van der Waals surface area (Å²) in [6.07, 6.45) is -26.0. The van der Waals surface area contributed by atoms with Gasteiger partial charge >= 0.3 is 17.9 Å². The molecule has 345 valence electrons. The first-order valence-corrected chi connectivity index (χ1v) is 18.8. The summed E-state index contributed by atoms with van der Waals surface area (Å²) in [5.74, 6) is -12.5. The molecule has 26 heteroatoms. The zero-order chi connectivity index (χ0) is 44.8. The van der Waals surface area contributed by atoms with Crippen LogP contribution < -0.4 is 10.6 Å². The maximum absolute atomic E-state index is 12.9. The van der Waals surface area contributed by atoms with Gasteiger partial charge in [0.2, 0.25) is 5.91 Å². The average Bonchev–Trinajstić information content (AvgIpc) is 3.17. The van der Waals surface area contributed by atoms with E-state index in [1.165, 1.54) is 7.05 Å². The minimum atomic E-state index is -3.16. The van der Waals surface area contributed by atoms with Crippen molar-refractivity contribution in [2.75, 3.05) is 34.0 Å². The molecule has 3 heterocycles. The Balaban J connectivity index is 0.0000124. The van der Waals surface area contributed by atoms with Crippen LogP contribution in [0.4, 0.5) is 0 Å². The van der Waals surface area contributed by atoms with Crippen LogP contribution in [-0.4, -0.2) is 228 Å². The molecule has 25 nitrogen and oxygen atoms in total. The largest absolute Gasteiger partial charge is 0.670 e. The van der Waals surface area contributed by atoms with Crippen molar-refractivity contribution in [3.8, 4) is 0 Å².